The number of hydrogen-bond donors (Lipinski definition) is 1. The Labute approximate surface area is 625 Å². The van der Waals surface area contributed by atoms with Gasteiger partial charge in [0.05, 0.1) is 34.4 Å². The van der Waals surface area contributed by atoms with Crippen molar-refractivity contribution in [2.45, 2.75) is 399 Å². The number of hydrogen-bond acceptors (Lipinski definition) is 7. The molecule has 0 amide bonds. The first-order chi connectivity index (χ1) is 49.6. The molecule has 0 heterocycles. The Morgan fingerprint density at radius 3 is 0.842 bits per heavy atom. The number of nitrogens with zero attached hydrogens (tertiary/aromatic N) is 1. The molecule has 0 aromatic heterocycles. The third-order valence-corrected chi connectivity index (χ3v) is 18.7. The van der Waals surface area contributed by atoms with Gasteiger partial charge in [-0.1, -0.05) is 405 Å². The van der Waals surface area contributed by atoms with Crippen molar-refractivity contribution in [3.8, 4) is 0 Å². The zero-order valence-corrected chi connectivity index (χ0v) is 66.8. The predicted molar refractivity (Wildman–Crippen MR) is 438 cm³/mol. The van der Waals surface area contributed by atoms with Crippen molar-refractivity contribution in [2.24, 2.45) is 0 Å². The fourth-order valence-corrected chi connectivity index (χ4v) is 12.3. The van der Waals surface area contributed by atoms with Crippen LogP contribution in [0.3, 0.4) is 0 Å². The molecular formula is C92H162NO8+. The minimum atomic E-state index is -1.52. The zero-order valence-electron chi connectivity index (χ0n) is 66.8. The van der Waals surface area contributed by atoms with E-state index in [-0.39, 0.29) is 32.2 Å². The Balaban J connectivity index is 4.04. The van der Waals surface area contributed by atoms with Crippen LogP contribution >= 0.6 is 0 Å². The summed E-state index contributed by atoms with van der Waals surface area (Å²) < 4.78 is 23.1. The highest BCUT2D eigenvalue weighted by atomic mass is 16.7. The van der Waals surface area contributed by atoms with Gasteiger partial charge in [-0.3, -0.25) is 9.59 Å². The van der Waals surface area contributed by atoms with E-state index in [0.29, 0.717) is 23.9 Å². The normalized spacial score (nSPS) is 13.2. The molecule has 582 valence electrons. The molecule has 101 heavy (non-hydrogen) atoms. The van der Waals surface area contributed by atoms with Crippen LogP contribution in [0, 0.1) is 0 Å². The van der Waals surface area contributed by atoms with Crippen molar-refractivity contribution >= 4 is 17.9 Å². The highest BCUT2D eigenvalue weighted by Gasteiger charge is 2.25. The Morgan fingerprint density at radius 1 is 0.307 bits per heavy atom. The number of quaternary nitrogens is 1. The highest BCUT2D eigenvalue weighted by Crippen LogP contribution is 2.20. The molecule has 0 spiro atoms. The molecule has 0 fully saturated rings. The SMILES string of the molecule is CC/C=C\C/C=C\C/C=C\C/C=C\C/C=C\C/C=C\C/C=C\C/C=C\C/C=C\C/C=C\CCCCCCCCCCC(=O)OC(COC(=O)CCCCCCCCCCCCCCCCCCCCCCCCCCCCCCCCCCCCCCC)COC(OCC[N+](C)(C)C)C(=O)O. The first-order valence-electron chi connectivity index (χ1n) is 42.7. The van der Waals surface area contributed by atoms with Crippen LogP contribution in [0.15, 0.2) is 122 Å². The molecule has 0 radical (unpaired) electrons. The van der Waals surface area contributed by atoms with E-state index >= 15 is 0 Å². The molecule has 0 aromatic carbocycles. The second kappa shape index (κ2) is 81.4. The molecule has 2 unspecified atom stereocenters. The summed E-state index contributed by atoms with van der Waals surface area (Å²) in [7, 11) is 5.98. The van der Waals surface area contributed by atoms with Gasteiger partial charge in [0.25, 0.3) is 6.29 Å². The van der Waals surface area contributed by atoms with Crippen molar-refractivity contribution < 1.29 is 42.9 Å². The average molecular weight is 1410 g/mol. The van der Waals surface area contributed by atoms with E-state index in [2.05, 4.69) is 135 Å². The molecule has 0 saturated heterocycles. The number of allylic oxidation sites excluding steroid dienone is 20. The number of carbonyl (C=O) groups is 3. The molecule has 9 heteroatoms. The smallest absolute Gasteiger partial charge is 0.361 e. The van der Waals surface area contributed by atoms with Gasteiger partial charge >= 0.3 is 17.9 Å². The highest BCUT2D eigenvalue weighted by molar-refractivity contribution is 5.71. The number of aliphatic carboxylic acids is 1. The number of ether oxygens (including phenoxy) is 4. The predicted octanol–water partition coefficient (Wildman–Crippen LogP) is 27.8. The number of carbonyl (C=O) groups excluding carboxylic acids is 2. The Kier molecular flexibility index (Phi) is 77.9. The monoisotopic (exact) mass is 1410 g/mol. The minimum Gasteiger partial charge on any atom is -0.477 e. The minimum absolute atomic E-state index is 0.182. The maximum Gasteiger partial charge on any atom is 0.361 e. The van der Waals surface area contributed by atoms with Gasteiger partial charge in [0, 0.05) is 12.8 Å². The summed E-state index contributed by atoms with van der Waals surface area (Å²) in [5.74, 6) is -2.00. The van der Waals surface area contributed by atoms with E-state index < -0.39 is 24.3 Å². The van der Waals surface area contributed by atoms with Crippen LogP contribution in [0.4, 0.5) is 0 Å². The van der Waals surface area contributed by atoms with E-state index in [1.807, 2.05) is 21.1 Å². The Bertz CT molecular complexity index is 2090. The van der Waals surface area contributed by atoms with Crippen molar-refractivity contribution in [1.82, 2.24) is 0 Å². The standard InChI is InChI=1S/C92H161NO8/c1-6-8-10-12-14-16-18-20-22-24-26-28-30-32-34-36-38-40-42-44-45-47-49-51-53-55-57-59-61-63-65-67-69-71-73-75-77-79-81-83-90(95)101-88(87-100-92(91(96)97)98-85-84-93(3,4)5)86-99-89(94)82-80-78-76-74-72-70-68-66-64-62-60-58-56-54-52-50-48-46-43-41-39-37-35-33-31-29-27-25-23-21-19-17-15-13-11-9-7-2/h8,10,14,16,20,22,26,28,32,34,38,40,44-45,49,51,55,57,61,63,88,92H,6-7,9,11-13,15,17-19,21,23-25,27,29-31,33,35-37,39,41-43,46-48,50,52-54,56,58-60,62,64-87H2,1-5H3/p+1/b10-8-,16-14-,22-20-,28-26-,34-32-,40-38-,45-44-,51-49-,57-55-,63-61-. The van der Waals surface area contributed by atoms with Crippen LogP contribution in [-0.2, 0) is 33.3 Å². The summed E-state index contributed by atoms with van der Waals surface area (Å²) in [4.78, 5) is 37.8. The number of carboxylic acids is 1. The number of likely N-dealkylation sites (N-methyl/N-ethyl adjacent to an activating group) is 1. The van der Waals surface area contributed by atoms with E-state index in [1.54, 1.807) is 0 Å². The summed E-state index contributed by atoms with van der Waals surface area (Å²) in [5.41, 5.74) is 0. The molecule has 0 bridgehead atoms. The van der Waals surface area contributed by atoms with Gasteiger partial charge < -0.3 is 28.5 Å². The lowest BCUT2D eigenvalue weighted by Gasteiger charge is -2.25. The van der Waals surface area contributed by atoms with Crippen LogP contribution in [0.2, 0.25) is 0 Å². The third kappa shape index (κ3) is 82.8. The van der Waals surface area contributed by atoms with Crippen LogP contribution < -0.4 is 0 Å². The van der Waals surface area contributed by atoms with Gasteiger partial charge in [0.1, 0.15) is 13.2 Å². The average Bonchev–Trinajstić information content (AvgIpc) is 1.21. The van der Waals surface area contributed by atoms with Crippen LogP contribution in [0.1, 0.15) is 386 Å². The summed E-state index contributed by atoms with van der Waals surface area (Å²) in [6.45, 7) is 4.80. The van der Waals surface area contributed by atoms with E-state index in [9.17, 15) is 19.5 Å². The topological polar surface area (TPSA) is 108 Å². The number of unbranched alkanes of at least 4 members (excludes halogenated alkanes) is 44. The third-order valence-electron chi connectivity index (χ3n) is 18.7. The summed E-state index contributed by atoms with van der Waals surface area (Å²) in [6, 6.07) is 0. The number of carboxylic acid groups (broad SMARTS) is 1. The van der Waals surface area contributed by atoms with Crippen LogP contribution in [-0.4, -0.2) is 87.4 Å². The largest absolute Gasteiger partial charge is 0.477 e. The fourth-order valence-electron chi connectivity index (χ4n) is 12.3. The van der Waals surface area contributed by atoms with Crippen LogP contribution in [0.5, 0.6) is 0 Å². The Hall–Kier alpha value is -4.31. The summed E-state index contributed by atoms with van der Waals surface area (Å²) in [6.07, 6.45) is 114. The summed E-state index contributed by atoms with van der Waals surface area (Å²) >= 11 is 0. The molecular weight excluding hydrogens is 1250 g/mol. The number of rotatable bonds is 79. The second-order valence-corrected chi connectivity index (χ2v) is 29.8. The van der Waals surface area contributed by atoms with Crippen molar-refractivity contribution in [3.63, 3.8) is 0 Å². The van der Waals surface area contributed by atoms with Gasteiger partial charge in [-0.05, 0) is 89.9 Å². The molecule has 0 aromatic rings. The molecule has 0 saturated carbocycles. The molecule has 0 aliphatic carbocycles. The van der Waals surface area contributed by atoms with Crippen molar-refractivity contribution in [1.29, 1.82) is 0 Å². The molecule has 1 N–H and O–H groups in total. The lowest BCUT2D eigenvalue weighted by molar-refractivity contribution is -0.870. The fraction of sp³-hybridized carbons (Fsp3) is 0.750. The number of esters is 2. The van der Waals surface area contributed by atoms with E-state index in [4.69, 9.17) is 18.9 Å². The van der Waals surface area contributed by atoms with Gasteiger partial charge in [-0.2, -0.15) is 0 Å². The lowest BCUT2D eigenvalue weighted by atomic mass is 10.0. The quantitative estimate of drug-likeness (QED) is 0.0211. The molecule has 9 nitrogen and oxygen atoms in total. The maximum atomic E-state index is 13.0. The molecule has 0 aliphatic heterocycles. The van der Waals surface area contributed by atoms with Gasteiger partial charge in [0.15, 0.2) is 6.10 Å². The summed E-state index contributed by atoms with van der Waals surface area (Å²) in [5, 5.41) is 9.78. The Morgan fingerprint density at radius 2 is 0.564 bits per heavy atom. The van der Waals surface area contributed by atoms with E-state index in [1.165, 1.54) is 244 Å². The maximum absolute atomic E-state index is 13.0. The molecule has 0 rings (SSSR count). The van der Waals surface area contributed by atoms with Gasteiger partial charge in [0.2, 0.25) is 0 Å². The van der Waals surface area contributed by atoms with E-state index in [0.717, 1.165) is 109 Å². The first kappa shape index (κ1) is 96.7. The second-order valence-electron chi connectivity index (χ2n) is 29.8. The zero-order chi connectivity index (χ0) is 73.2. The lowest BCUT2D eigenvalue weighted by Crippen LogP contribution is -2.40. The molecule has 2 atom stereocenters. The van der Waals surface area contributed by atoms with Crippen molar-refractivity contribution in [2.75, 3.05) is 47.5 Å². The van der Waals surface area contributed by atoms with Gasteiger partial charge in [-0.25, -0.2) is 4.79 Å². The van der Waals surface area contributed by atoms with Gasteiger partial charge in [-0.15, -0.1) is 0 Å². The first-order valence-corrected chi connectivity index (χ1v) is 42.7. The van der Waals surface area contributed by atoms with Crippen LogP contribution in [0.25, 0.3) is 0 Å². The molecule has 0 aliphatic rings. The van der Waals surface area contributed by atoms with Crippen molar-refractivity contribution in [3.05, 3.63) is 122 Å².